The van der Waals surface area contributed by atoms with Crippen molar-refractivity contribution >= 4 is 29.4 Å². The lowest BCUT2D eigenvalue weighted by molar-refractivity contribution is -0.143. The van der Waals surface area contributed by atoms with E-state index in [0.717, 1.165) is 16.7 Å². The summed E-state index contributed by atoms with van der Waals surface area (Å²) in [6.45, 7) is 6.32. The van der Waals surface area contributed by atoms with E-state index in [0.29, 0.717) is 13.0 Å². The highest BCUT2D eigenvalue weighted by Crippen LogP contribution is 2.17. The quantitative estimate of drug-likeness (QED) is 0.126. The summed E-state index contributed by atoms with van der Waals surface area (Å²) in [5.41, 5.74) is 2.67. The molecular weight excluding hydrogens is 582 g/mol. The lowest BCUT2D eigenvalue weighted by atomic mass is 10.00. The molecule has 0 aromatic heterocycles. The summed E-state index contributed by atoms with van der Waals surface area (Å²) < 4.78 is 0. The van der Waals surface area contributed by atoms with Crippen LogP contribution in [-0.2, 0) is 43.6 Å². The average Bonchev–Trinajstić information content (AvgIpc) is 3.06. The van der Waals surface area contributed by atoms with E-state index in [2.05, 4.69) is 21.3 Å². The first kappa shape index (κ1) is 35.6. The largest absolute Gasteiger partial charge is 0.352 e. The summed E-state index contributed by atoms with van der Waals surface area (Å²) in [6, 6.07) is 26.1. The van der Waals surface area contributed by atoms with Crippen LogP contribution >= 0.6 is 0 Å². The van der Waals surface area contributed by atoms with Gasteiger partial charge in [0.25, 0.3) is 5.91 Å². The molecule has 244 valence electrons. The van der Waals surface area contributed by atoms with Crippen LogP contribution in [0.5, 0.6) is 0 Å². The summed E-state index contributed by atoms with van der Waals surface area (Å²) >= 11 is 0. The molecule has 10 nitrogen and oxygen atoms in total. The van der Waals surface area contributed by atoms with Crippen LogP contribution in [0, 0.1) is 5.92 Å². The Hall–Kier alpha value is -4.83. The second-order valence-electron chi connectivity index (χ2n) is 11.6. The standard InChI is InChI=1S/C36H45N5O5/c1-26(2)21-31(35(45)40-27(3)34(44)36(46)39-23-29-15-9-5-10-16-29)41(25-30-17-11-6-12-18-30)33(43)24-37-20-19-32(42)38-22-28-13-7-4-8-14-28/h4-18,26-27,31,37H,19-25H2,1-3H3,(H,38,42)(H,39,46)(H,40,45). The zero-order valence-corrected chi connectivity index (χ0v) is 26.8. The summed E-state index contributed by atoms with van der Waals surface area (Å²) in [7, 11) is 0. The molecule has 0 aliphatic heterocycles. The molecule has 0 aliphatic carbocycles. The van der Waals surface area contributed by atoms with E-state index in [1.807, 2.05) is 105 Å². The number of carbonyl (C=O) groups is 5. The van der Waals surface area contributed by atoms with E-state index in [9.17, 15) is 24.0 Å². The van der Waals surface area contributed by atoms with Gasteiger partial charge in [-0.25, -0.2) is 0 Å². The van der Waals surface area contributed by atoms with E-state index in [1.165, 1.54) is 11.8 Å². The zero-order valence-electron chi connectivity index (χ0n) is 26.8. The Morgan fingerprint density at radius 1 is 0.696 bits per heavy atom. The van der Waals surface area contributed by atoms with Crippen molar-refractivity contribution in [3.05, 3.63) is 108 Å². The van der Waals surface area contributed by atoms with Gasteiger partial charge in [-0.05, 0) is 36.0 Å². The summed E-state index contributed by atoms with van der Waals surface area (Å²) in [6.07, 6.45) is 0.522. The molecule has 46 heavy (non-hydrogen) atoms. The number of carbonyl (C=O) groups excluding carboxylic acids is 5. The van der Waals surface area contributed by atoms with Gasteiger partial charge in [-0.2, -0.15) is 0 Å². The molecule has 2 unspecified atom stereocenters. The Bertz CT molecular complexity index is 1420. The monoisotopic (exact) mass is 627 g/mol. The van der Waals surface area contributed by atoms with Crippen molar-refractivity contribution in [3.63, 3.8) is 0 Å². The number of ketones is 1. The third-order valence-corrected chi connectivity index (χ3v) is 7.30. The van der Waals surface area contributed by atoms with Gasteiger partial charge >= 0.3 is 0 Å². The molecule has 0 bridgehead atoms. The summed E-state index contributed by atoms with van der Waals surface area (Å²) in [5, 5.41) is 11.2. The molecule has 3 rings (SSSR count). The van der Waals surface area contributed by atoms with Gasteiger partial charge in [0, 0.05) is 32.6 Å². The van der Waals surface area contributed by atoms with Gasteiger partial charge in [-0.15, -0.1) is 0 Å². The van der Waals surface area contributed by atoms with Gasteiger partial charge in [-0.1, -0.05) is 105 Å². The Morgan fingerprint density at radius 3 is 1.76 bits per heavy atom. The third-order valence-electron chi connectivity index (χ3n) is 7.30. The molecule has 4 amide bonds. The molecule has 0 heterocycles. The predicted molar refractivity (Wildman–Crippen MR) is 177 cm³/mol. The smallest absolute Gasteiger partial charge is 0.289 e. The third kappa shape index (κ3) is 12.3. The molecule has 0 saturated carbocycles. The van der Waals surface area contributed by atoms with Crippen molar-refractivity contribution in [3.8, 4) is 0 Å². The maximum atomic E-state index is 13.7. The highest BCUT2D eigenvalue weighted by atomic mass is 16.2. The fourth-order valence-corrected chi connectivity index (χ4v) is 4.80. The predicted octanol–water partition coefficient (Wildman–Crippen LogP) is 3.12. The van der Waals surface area contributed by atoms with Crippen LogP contribution < -0.4 is 21.3 Å². The van der Waals surface area contributed by atoms with Gasteiger partial charge < -0.3 is 26.2 Å². The highest BCUT2D eigenvalue weighted by Gasteiger charge is 2.33. The summed E-state index contributed by atoms with van der Waals surface area (Å²) in [5.74, 6) is -2.52. The molecule has 0 spiro atoms. The Morgan fingerprint density at radius 2 is 1.22 bits per heavy atom. The molecule has 0 radical (unpaired) electrons. The molecule has 10 heteroatoms. The van der Waals surface area contributed by atoms with E-state index < -0.39 is 29.7 Å². The number of nitrogens with one attached hydrogen (secondary N) is 4. The Balaban J connectivity index is 1.62. The molecule has 4 N–H and O–H groups in total. The van der Waals surface area contributed by atoms with E-state index in [-0.39, 0.29) is 50.3 Å². The minimum absolute atomic E-state index is 0.0447. The van der Waals surface area contributed by atoms with Gasteiger partial charge in [0.15, 0.2) is 0 Å². The first-order valence-electron chi connectivity index (χ1n) is 15.6. The van der Waals surface area contributed by atoms with Crippen LogP contribution in [-0.4, -0.2) is 59.5 Å². The van der Waals surface area contributed by atoms with Gasteiger partial charge in [0.2, 0.25) is 23.5 Å². The van der Waals surface area contributed by atoms with Crippen molar-refractivity contribution in [1.82, 2.24) is 26.2 Å². The van der Waals surface area contributed by atoms with Gasteiger partial charge in [-0.3, -0.25) is 24.0 Å². The maximum Gasteiger partial charge on any atom is 0.289 e. The van der Waals surface area contributed by atoms with Crippen molar-refractivity contribution in [2.45, 2.75) is 65.3 Å². The normalized spacial score (nSPS) is 12.1. The summed E-state index contributed by atoms with van der Waals surface area (Å²) in [4.78, 5) is 66.5. The van der Waals surface area contributed by atoms with Crippen LogP contribution in [0.4, 0.5) is 0 Å². The van der Waals surface area contributed by atoms with E-state index in [1.54, 1.807) is 0 Å². The van der Waals surface area contributed by atoms with Crippen molar-refractivity contribution in [2.24, 2.45) is 5.92 Å². The van der Waals surface area contributed by atoms with Crippen LogP contribution in [0.25, 0.3) is 0 Å². The minimum Gasteiger partial charge on any atom is -0.352 e. The van der Waals surface area contributed by atoms with E-state index in [4.69, 9.17) is 0 Å². The first-order chi connectivity index (χ1) is 22.1. The maximum absolute atomic E-state index is 13.7. The minimum atomic E-state index is -1.10. The SMILES string of the molecule is CC(C)CC(C(=O)NC(C)C(=O)C(=O)NCc1ccccc1)N(Cc1ccccc1)C(=O)CNCCC(=O)NCc1ccccc1. The number of amides is 4. The fraction of sp³-hybridized carbons (Fsp3) is 0.361. The molecule has 3 aromatic rings. The van der Waals surface area contributed by atoms with Crippen molar-refractivity contribution < 1.29 is 24.0 Å². The van der Waals surface area contributed by atoms with Crippen molar-refractivity contribution in [2.75, 3.05) is 13.1 Å². The average molecular weight is 628 g/mol. The van der Waals surface area contributed by atoms with Crippen LogP contribution in [0.1, 0.15) is 50.3 Å². The molecule has 3 aromatic carbocycles. The second-order valence-corrected chi connectivity index (χ2v) is 11.6. The molecule has 2 atom stereocenters. The van der Waals surface area contributed by atoms with Crippen molar-refractivity contribution in [1.29, 1.82) is 0 Å². The number of rotatable bonds is 18. The van der Waals surface area contributed by atoms with Crippen LogP contribution in [0.3, 0.4) is 0 Å². The van der Waals surface area contributed by atoms with E-state index >= 15 is 0 Å². The second kappa shape index (κ2) is 18.9. The van der Waals surface area contributed by atoms with Crippen LogP contribution in [0.15, 0.2) is 91.0 Å². The zero-order chi connectivity index (χ0) is 33.3. The molecule has 0 saturated heterocycles. The number of Topliss-reactive ketones (excluding diaryl/α,β-unsaturated/α-hetero) is 1. The number of nitrogens with zero attached hydrogens (tertiary/aromatic N) is 1. The lowest BCUT2D eigenvalue weighted by Gasteiger charge is -2.33. The number of benzene rings is 3. The number of hydrogen-bond acceptors (Lipinski definition) is 6. The first-order valence-corrected chi connectivity index (χ1v) is 15.6. The topological polar surface area (TPSA) is 137 Å². The fourth-order valence-electron chi connectivity index (χ4n) is 4.80. The Kier molecular flexibility index (Phi) is 14.6. The van der Waals surface area contributed by atoms with Gasteiger partial charge in [0.05, 0.1) is 12.6 Å². The lowest BCUT2D eigenvalue weighted by Crippen LogP contribution is -2.55. The highest BCUT2D eigenvalue weighted by molar-refractivity contribution is 6.38. The number of hydrogen-bond donors (Lipinski definition) is 4. The molecular formula is C36H45N5O5. The van der Waals surface area contributed by atoms with Crippen LogP contribution in [0.2, 0.25) is 0 Å². The Labute approximate surface area is 271 Å². The molecule has 0 fully saturated rings. The molecule has 0 aliphatic rings. The van der Waals surface area contributed by atoms with Gasteiger partial charge in [0.1, 0.15) is 6.04 Å².